The summed E-state index contributed by atoms with van der Waals surface area (Å²) < 4.78 is 37.8. The van der Waals surface area contributed by atoms with Crippen molar-refractivity contribution in [1.82, 2.24) is 9.97 Å². The third-order valence-corrected chi connectivity index (χ3v) is 7.14. The summed E-state index contributed by atoms with van der Waals surface area (Å²) in [4.78, 5) is 20.2. The van der Waals surface area contributed by atoms with Crippen molar-refractivity contribution in [2.24, 2.45) is 0 Å². The number of hydrogen-bond acceptors (Lipinski definition) is 7. The first kappa shape index (κ1) is 29.4. The smallest absolute Gasteiger partial charge is 0.321 e. The number of carbonyl (C=O) groups is 1. The first-order valence-electron chi connectivity index (χ1n) is 12.8. The summed E-state index contributed by atoms with van der Waals surface area (Å²) in [6, 6.07) is 7.31. The van der Waals surface area contributed by atoms with E-state index in [2.05, 4.69) is 26.9 Å². The Morgan fingerprint density at radius 2 is 1.42 bits per heavy atom. The van der Waals surface area contributed by atoms with Crippen LogP contribution in [0, 0.1) is 0 Å². The number of nitrogens with one attached hydrogen (secondary N) is 2. The summed E-state index contributed by atoms with van der Waals surface area (Å²) in [5.41, 5.74) is 0.549. The van der Waals surface area contributed by atoms with Crippen molar-refractivity contribution in [1.29, 1.82) is 0 Å². The second kappa shape index (κ2) is 16.0. The molecular formula is C26H40N4O5S. The minimum atomic E-state index is -3.91. The maximum absolute atomic E-state index is 12.7. The summed E-state index contributed by atoms with van der Waals surface area (Å²) in [6.07, 6.45) is 14.0. The van der Waals surface area contributed by atoms with Gasteiger partial charge >= 0.3 is 6.01 Å². The molecule has 0 aliphatic rings. The predicted molar refractivity (Wildman–Crippen MR) is 142 cm³/mol. The number of rotatable bonds is 18. The van der Waals surface area contributed by atoms with E-state index in [0.29, 0.717) is 12.1 Å². The Labute approximate surface area is 215 Å². The Morgan fingerprint density at radius 1 is 0.833 bits per heavy atom. The Balaban J connectivity index is 1.72. The first-order valence-corrected chi connectivity index (χ1v) is 14.3. The highest BCUT2D eigenvalue weighted by atomic mass is 32.2. The summed E-state index contributed by atoms with van der Waals surface area (Å²) in [5.74, 6) is 0.110. The highest BCUT2D eigenvalue weighted by Gasteiger charge is 2.17. The number of hydrogen-bond donors (Lipinski definition) is 2. The van der Waals surface area contributed by atoms with Crippen LogP contribution in [0.15, 0.2) is 35.2 Å². The van der Waals surface area contributed by atoms with Crippen molar-refractivity contribution in [2.45, 2.75) is 88.9 Å². The Morgan fingerprint density at radius 3 is 1.97 bits per heavy atom. The molecule has 0 aliphatic heterocycles. The van der Waals surface area contributed by atoms with E-state index in [9.17, 15) is 13.2 Å². The number of nitrogens with zero attached hydrogens (tertiary/aromatic N) is 2. The fourth-order valence-corrected chi connectivity index (χ4v) is 4.73. The van der Waals surface area contributed by atoms with Gasteiger partial charge in [0.1, 0.15) is 0 Å². The van der Waals surface area contributed by atoms with Gasteiger partial charge in [-0.25, -0.2) is 8.42 Å². The molecule has 0 saturated heterocycles. The van der Waals surface area contributed by atoms with E-state index in [-0.39, 0.29) is 28.5 Å². The Bertz CT molecular complexity index is 1010. The fourth-order valence-electron chi connectivity index (χ4n) is 3.74. The van der Waals surface area contributed by atoms with Crippen LogP contribution in [-0.2, 0) is 14.8 Å². The molecular weight excluding hydrogens is 480 g/mol. The number of methoxy groups -OCH3 is 2. The Kier molecular flexibility index (Phi) is 13.0. The molecule has 0 atom stereocenters. The van der Waals surface area contributed by atoms with Gasteiger partial charge in [-0.05, 0) is 30.7 Å². The zero-order chi connectivity index (χ0) is 26.2. The third-order valence-electron chi connectivity index (χ3n) is 5.77. The molecule has 0 saturated carbocycles. The molecule has 1 amide bonds. The number of ether oxygens (including phenoxy) is 2. The van der Waals surface area contributed by atoms with E-state index in [1.165, 1.54) is 83.8 Å². The molecule has 36 heavy (non-hydrogen) atoms. The zero-order valence-electron chi connectivity index (χ0n) is 21.7. The number of aromatic nitrogens is 2. The highest BCUT2D eigenvalue weighted by Crippen LogP contribution is 2.22. The minimum absolute atomic E-state index is 0.0167. The fraction of sp³-hybridized carbons (Fsp3) is 0.577. The SMILES string of the molecule is CCCCCCCCCCCCCC(=O)Nc1ccc(S(=O)(=O)Nc2cc(OC)nc(OC)n2)cc1. The average molecular weight is 521 g/mol. The van der Waals surface area contributed by atoms with Crippen LogP contribution >= 0.6 is 0 Å². The normalized spacial score (nSPS) is 11.2. The van der Waals surface area contributed by atoms with Crippen molar-refractivity contribution in [3.8, 4) is 11.9 Å². The molecule has 200 valence electrons. The van der Waals surface area contributed by atoms with Gasteiger partial charge in [0, 0.05) is 18.2 Å². The van der Waals surface area contributed by atoms with E-state index < -0.39 is 10.0 Å². The van der Waals surface area contributed by atoms with Crippen molar-refractivity contribution >= 4 is 27.4 Å². The number of carbonyl (C=O) groups excluding carboxylic acids is 1. The molecule has 2 aromatic rings. The number of unbranched alkanes of at least 4 members (excludes halogenated alkanes) is 10. The summed E-state index contributed by atoms with van der Waals surface area (Å²) in [5, 5.41) is 2.83. The van der Waals surface area contributed by atoms with E-state index in [1.54, 1.807) is 12.1 Å². The van der Waals surface area contributed by atoms with Crippen molar-refractivity contribution in [2.75, 3.05) is 24.3 Å². The molecule has 0 radical (unpaired) electrons. The van der Waals surface area contributed by atoms with Crippen molar-refractivity contribution < 1.29 is 22.7 Å². The maximum atomic E-state index is 12.7. The second-order valence-electron chi connectivity index (χ2n) is 8.75. The van der Waals surface area contributed by atoms with Gasteiger partial charge in [0.25, 0.3) is 10.0 Å². The maximum Gasteiger partial charge on any atom is 0.321 e. The molecule has 10 heteroatoms. The van der Waals surface area contributed by atoms with Gasteiger partial charge in [-0.2, -0.15) is 9.97 Å². The van der Waals surface area contributed by atoms with Crippen LogP contribution in [0.4, 0.5) is 11.5 Å². The lowest BCUT2D eigenvalue weighted by molar-refractivity contribution is -0.116. The second-order valence-corrected chi connectivity index (χ2v) is 10.4. The van der Waals surface area contributed by atoms with Gasteiger partial charge in [0.15, 0.2) is 5.82 Å². The highest BCUT2D eigenvalue weighted by molar-refractivity contribution is 7.92. The first-order chi connectivity index (χ1) is 17.4. The topological polar surface area (TPSA) is 120 Å². The van der Waals surface area contributed by atoms with Gasteiger partial charge in [-0.3, -0.25) is 9.52 Å². The van der Waals surface area contributed by atoms with E-state index >= 15 is 0 Å². The molecule has 0 bridgehead atoms. The number of sulfonamides is 1. The molecule has 0 aliphatic carbocycles. The Hall–Kier alpha value is -2.88. The molecule has 2 N–H and O–H groups in total. The minimum Gasteiger partial charge on any atom is -0.481 e. The molecule has 9 nitrogen and oxygen atoms in total. The molecule has 0 spiro atoms. The van der Waals surface area contributed by atoms with Crippen molar-refractivity contribution in [3.05, 3.63) is 30.3 Å². The quantitative estimate of drug-likeness (QED) is 0.234. The summed E-state index contributed by atoms with van der Waals surface area (Å²) in [6.45, 7) is 2.24. The van der Waals surface area contributed by atoms with Crippen LogP contribution in [0.25, 0.3) is 0 Å². The third kappa shape index (κ3) is 10.8. The lowest BCUT2D eigenvalue weighted by Gasteiger charge is -2.10. The van der Waals surface area contributed by atoms with Gasteiger partial charge in [0.05, 0.1) is 19.1 Å². The number of anilines is 2. The number of benzene rings is 1. The van der Waals surface area contributed by atoms with E-state index in [1.807, 2.05) is 0 Å². The summed E-state index contributed by atoms with van der Waals surface area (Å²) >= 11 is 0. The van der Waals surface area contributed by atoms with Crippen LogP contribution in [-0.4, -0.2) is 38.5 Å². The van der Waals surface area contributed by atoms with Crippen LogP contribution in [0.5, 0.6) is 11.9 Å². The molecule has 0 unspecified atom stereocenters. The van der Waals surface area contributed by atoms with Crippen molar-refractivity contribution in [3.63, 3.8) is 0 Å². The lowest BCUT2D eigenvalue weighted by Crippen LogP contribution is -2.15. The van der Waals surface area contributed by atoms with Gasteiger partial charge in [-0.1, -0.05) is 71.1 Å². The largest absolute Gasteiger partial charge is 0.481 e. The van der Waals surface area contributed by atoms with Gasteiger partial charge in [-0.15, -0.1) is 0 Å². The van der Waals surface area contributed by atoms with Crippen LogP contribution in [0.3, 0.4) is 0 Å². The molecule has 1 heterocycles. The van der Waals surface area contributed by atoms with Gasteiger partial charge in [0.2, 0.25) is 11.8 Å². The van der Waals surface area contributed by atoms with Crippen LogP contribution in [0.2, 0.25) is 0 Å². The molecule has 2 rings (SSSR count). The monoisotopic (exact) mass is 520 g/mol. The average Bonchev–Trinajstić information content (AvgIpc) is 2.87. The van der Waals surface area contributed by atoms with Gasteiger partial charge < -0.3 is 14.8 Å². The molecule has 1 aromatic carbocycles. The molecule has 0 fully saturated rings. The van der Waals surface area contributed by atoms with Crippen LogP contribution < -0.4 is 19.5 Å². The van der Waals surface area contributed by atoms with Crippen LogP contribution in [0.1, 0.15) is 84.0 Å². The number of amides is 1. The standard InChI is InChI=1S/C26H40N4O5S/c1-4-5-6-7-8-9-10-11-12-13-14-15-24(31)27-21-16-18-22(19-17-21)36(32,33)30-23-20-25(34-2)29-26(28-23)35-3/h16-20H,4-15H2,1-3H3,(H,27,31)(H,28,29,30). The summed E-state index contributed by atoms with van der Waals surface area (Å²) in [7, 11) is -1.13. The molecule has 1 aromatic heterocycles. The lowest BCUT2D eigenvalue weighted by atomic mass is 10.1. The predicted octanol–water partition coefficient (Wildman–Crippen LogP) is 5.93. The van der Waals surface area contributed by atoms with E-state index in [4.69, 9.17) is 9.47 Å². The van der Waals surface area contributed by atoms with E-state index in [0.717, 1.165) is 19.3 Å². The zero-order valence-corrected chi connectivity index (χ0v) is 22.5.